The zero-order valence-corrected chi connectivity index (χ0v) is 11.3. The van der Waals surface area contributed by atoms with E-state index in [1.54, 1.807) is 0 Å². The molecule has 1 aromatic rings. The summed E-state index contributed by atoms with van der Waals surface area (Å²) in [5.74, 6) is 0.659. The Morgan fingerprint density at radius 3 is 2.83 bits per heavy atom. The lowest BCUT2D eigenvalue weighted by atomic mass is 9.91. The average molecular weight is 248 g/mol. The second-order valence-corrected chi connectivity index (χ2v) is 5.47. The van der Waals surface area contributed by atoms with Crippen LogP contribution in [0.3, 0.4) is 0 Å². The lowest BCUT2D eigenvalue weighted by Gasteiger charge is -2.24. The number of hydrogen-bond donors (Lipinski definition) is 1. The molecule has 0 bridgehead atoms. The Morgan fingerprint density at radius 2 is 2.11 bits per heavy atom. The highest BCUT2D eigenvalue weighted by Crippen LogP contribution is 2.22. The summed E-state index contributed by atoms with van der Waals surface area (Å²) in [4.78, 5) is 0. The van der Waals surface area contributed by atoms with Crippen molar-refractivity contribution < 1.29 is 9.84 Å². The predicted octanol–water partition coefficient (Wildman–Crippen LogP) is 3.11. The molecule has 1 heterocycles. The second-order valence-electron chi connectivity index (χ2n) is 5.47. The van der Waals surface area contributed by atoms with Gasteiger partial charge in [0.2, 0.25) is 0 Å². The van der Waals surface area contributed by atoms with E-state index in [0.29, 0.717) is 5.92 Å². The minimum atomic E-state index is -0.159. The lowest BCUT2D eigenvalue weighted by molar-refractivity contribution is 0.0421. The SMILES string of the molecule is Cc1cccc(CCC(O)CC2CCOCC2)c1. The molecule has 2 nitrogen and oxygen atoms in total. The maximum Gasteiger partial charge on any atom is 0.0546 e. The van der Waals surface area contributed by atoms with Crippen molar-refractivity contribution >= 4 is 0 Å². The first-order valence-corrected chi connectivity index (χ1v) is 7.05. The van der Waals surface area contributed by atoms with Gasteiger partial charge in [-0.05, 0) is 50.5 Å². The molecule has 1 aliphatic heterocycles. The zero-order valence-electron chi connectivity index (χ0n) is 11.3. The Hall–Kier alpha value is -0.860. The standard InChI is InChI=1S/C16H24O2/c1-13-3-2-4-14(11-13)5-6-16(17)12-15-7-9-18-10-8-15/h2-4,11,15-17H,5-10,12H2,1H3. The third kappa shape index (κ3) is 4.43. The second kappa shape index (κ2) is 6.91. The van der Waals surface area contributed by atoms with Crippen molar-refractivity contribution in [1.29, 1.82) is 0 Å². The van der Waals surface area contributed by atoms with Gasteiger partial charge >= 0.3 is 0 Å². The molecule has 0 aliphatic carbocycles. The van der Waals surface area contributed by atoms with Crippen LogP contribution in [-0.4, -0.2) is 24.4 Å². The smallest absolute Gasteiger partial charge is 0.0546 e. The fourth-order valence-corrected chi connectivity index (χ4v) is 2.69. The molecule has 18 heavy (non-hydrogen) atoms. The largest absolute Gasteiger partial charge is 0.393 e. The maximum atomic E-state index is 10.1. The molecule has 0 spiro atoms. The van der Waals surface area contributed by atoms with Crippen molar-refractivity contribution in [2.45, 2.75) is 45.1 Å². The van der Waals surface area contributed by atoms with Crippen LogP contribution in [0.15, 0.2) is 24.3 Å². The first kappa shape index (κ1) is 13.6. The van der Waals surface area contributed by atoms with Gasteiger partial charge in [0.05, 0.1) is 6.10 Å². The van der Waals surface area contributed by atoms with E-state index >= 15 is 0 Å². The summed E-state index contributed by atoms with van der Waals surface area (Å²) in [5, 5.41) is 10.1. The summed E-state index contributed by atoms with van der Waals surface area (Å²) >= 11 is 0. The van der Waals surface area contributed by atoms with Crippen molar-refractivity contribution in [3.8, 4) is 0 Å². The van der Waals surface area contributed by atoms with Gasteiger partial charge in [-0.1, -0.05) is 29.8 Å². The molecule has 0 saturated carbocycles. The molecular weight excluding hydrogens is 224 g/mol. The summed E-state index contributed by atoms with van der Waals surface area (Å²) < 4.78 is 5.34. The highest BCUT2D eigenvalue weighted by molar-refractivity contribution is 5.22. The highest BCUT2D eigenvalue weighted by atomic mass is 16.5. The van der Waals surface area contributed by atoms with Gasteiger partial charge in [-0.25, -0.2) is 0 Å². The van der Waals surface area contributed by atoms with Gasteiger partial charge in [0.15, 0.2) is 0 Å². The van der Waals surface area contributed by atoms with Crippen molar-refractivity contribution in [3.05, 3.63) is 35.4 Å². The molecule has 1 fully saturated rings. The minimum absolute atomic E-state index is 0.159. The first-order chi connectivity index (χ1) is 8.74. The van der Waals surface area contributed by atoms with Crippen LogP contribution >= 0.6 is 0 Å². The lowest BCUT2D eigenvalue weighted by Crippen LogP contribution is -2.21. The quantitative estimate of drug-likeness (QED) is 0.867. The Morgan fingerprint density at radius 1 is 1.33 bits per heavy atom. The molecule has 1 unspecified atom stereocenters. The molecule has 2 heteroatoms. The van der Waals surface area contributed by atoms with Crippen LogP contribution in [0.25, 0.3) is 0 Å². The molecular formula is C16H24O2. The van der Waals surface area contributed by atoms with Gasteiger partial charge in [-0.15, -0.1) is 0 Å². The molecule has 100 valence electrons. The Bertz CT molecular complexity index is 356. The van der Waals surface area contributed by atoms with Gasteiger partial charge in [-0.2, -0.15) is 0 Å². The van der Waals surface area contributed by atoms with Crippen molar-refractivity contribution in [2.75, 3.05) is 13.2 Å². The summed E-state index contributed by atoms with van der Waals surface area (Å²) in [7, 11) is 0. The van der Waals surface area contributed by atoms with Crippen molar-refractivity contribution in [1.82, 2.24) is 0 Å². The number of aryl methyl sites for hydroxylation is 2. The third-order valence-electron chi connectivity index (χ3n) is 3.80. The first-order valence-electron chi connectivity index (χ1n) is 7.05. The Kier molecular flexibility index (Phi) is 5.21. The molecule has 0 amide bonds. The minimum Gasteiger partial charge on any atom is -0.393 e. The van der Waals surface area contributed by atoms with E-state index in [2.05, 4.69) is 31.2 Å². The van der Waals surface area contributed by atoms with Crippen molar-refractivity contribution in [3.63, 3.8) is 0 Å². The van der Waals surface area contributed by atoms with Crippen LogP contribution in [0.1, 0.15) is 36.8 Å². The van der Waals surface area contributed by atoms with Crippen molar-refractivity contribution in [2.24, 2.45) is 5.92 Å². The molecule has 1 atom stereocenters. The molecule has 1 aromatic carbocycles. The number of aliphatic hydroxyl groups excluding tert-OH is 1. The molecule has 2 rings (SSSR count). The van der Waals surface area contributed by atoms with E-state index in [-0.39, 0.29) is 6.10 Å². The zero-order chi connectivity index (χ0) is 12.8. The van der Waals surface area contributed by atoms with E-state index in [4.69, 9.17) is 4.74 Å². The summed E-state index contributed by atoms with van der Waals surface area (Å²) in [5.41, 5.74) is 2.63. The third-order valence-corrected chi connectivity index (χ3v) is 3.80. The van der Waals surface area contributed by atoms with E-state index in [1.807, 2.05) is 0 Å². The summed E-state index contributed by atoms with van der Waals surface area (Å²) in [6.07, 6.45) is 4.86. The molecule has 0 radical (unpaired) electrons. The summed E-state index contributed by atoms with van der Waals surface area (Å²) in [6, 6.07) is 8.56. The normalized spacial score (nSPS) is 18.8. The topological polar surface area (TPSA) is 29.5 Å². The molecule has 1 N–H and O–H groups in total. The van der Waals surface area contributed by atoms with E-state index in [9.17, 15) is 5.11 Å². The predicted molar refractivity (Wildman–Crippen MR) is 73.7 cm³/mol. The van der Waals surface area contributed by atoms with Crippen LogP contribution in [0.5, 0.6) is 0 Å². The number of ether oxygens (including phenoxy) is 1. The number of aliphatic hydroxyl groups is 1. The van der Waals surface area contributed by atoms with E-state index in [1.165, 1.54) is 11.1 Å². The van der Waals surface area contributed by atoms with E-state index < -0.39 is 0 Å². The fraction of sp³-hybridized carbons (Fsp3) is 0.625. The van der Waals surface area contributed by atoms with Crippen LogP contribution in [-0.2, 0) is 11.2 Å². The summed E-state index contributed by atoms with van der Waals surface area (Å²) in [6.45, 7) is 3.85. The number of hydrogen-bond acceptors (Lipinski definition) is 2. The Balaban J connectivity index is 1.72. The molecule has 1 aliphatic rings. The number of benzene rings is 1. The number of rotatable bonds is 5. The van der Waals surface area contributed by atoms with Gasteiger partial charge in [-0.3, -0.25) is 0 Å². The van der Waals surface area contributed by atoms with Crippen LogP contribution in [0.2, 0.25) is 0 Å². The molecule has 0 aromatic heterocycles. The Labute approximate surface area is 110 Å². The van der Waals surface area contributed by atoms with Crippen LogP contribution in [0.4, 0.5) is 0 Å². The van der Waals surface area contributed by atoms with Gasteiger partial charge in [0.1, 0.15) is 0 Å². The highest BCUT2D eigenvalue weighted by Gasteiger charge is 2.17. The fourth-order valence-electron chi connectivity index (χ4n) is 2.69. The average Bonchev–Trinajstić information content (AvgIpc) is 2.38. The van der Waals surface area contributed by atoms with Gasteiger partial charge < -0.3 is 9.84 Å². The monoisotopic (exact) mass is 248 g/mol. The van der Waals surface area contributed by atoms with E-state index in [0.717, 1.165) is 45.3 Å². The van der Waals surface area contributed by atoms with Crippen LogP contribution in [0, 0.1) is 12.8 Å². The maximum absolute atomic E-state index is 10.1. The molecule has 1 saturated heterocycles. The van der Waals surface area contributed by atoms with Gasteiger partial charge in [0.25, 0.3) is 0 Å². The van der Waals surface area contributed by atoms with Crippen LogP contribution < -0.4 is 0 Å². The van der Waals surface area contributed by atoms with Gasteiger partial charge in [0, 0.05) is 13.2 Å².